The summed E-state index contributed by atoms with van der Waals surface area (Å²) in [4.78, 5) is 19.9. The first-order chi connectivity index (χ1) is 29.5. The fourth-order valence-corrected chi connectivity index (χ4v) is 9.21. The van der Waals surface area contributed by atoms with Gasteiger partial charge >= 0.3 is 118 Å². The number of anilines is 2. The van der Waals surface area contributed by atoms with Crippen molar-refractivity contribution in [2.24, 2.45) is 20.5 Å². The molecule has 0 aliphatic rings. The third kappa shape index (κ3) is 14.1. The monoisotopic (exact) mass is 1080 g/mol. The molecular weight excluding hydrogens is 1060 g/mol. The largest absolute Gasteiger partial charge is 1.00 e. The van der Waals surface area contributed by atoms with Gasteiger partial charge in [0.1, 0.15) is 69.0 Å². The minimum absolute atomic E-state index is 0. The van der Waals surface area contributed by atoms with Crippen LogP contribution in [-0.4, -0.2) is 68.8 Å². The third-order valence-corrected chi connectivity index (χ3v) is 12.9. The SMILES string of the molecule is CC(=O)Nc1cc(S(=O)(=O)[O-])cc2c(N=Nc3ccc(-c4ccc(N=Nc5c(S(=O)(=O)[O-])cc(O)c6c(NC(C)=O)cc(S(=O)(=O)[O-])cc56)c(Cl)c4)cc3Cl)c(S(=O)(=O)[O-])cc(C)c12.[Na+].[Na+].[Na+].[Na+]. The summed E-state index contributed by atoms with van der Waals surface area (Å²) in [6.07, 6.45) is 0. The van der Waals surface area contributed by atoms with Crippen LogP contribution in [0.5, 0.6) is 5.75 Å². The van der Waals surface area contributed by atoms with Gasteiger partial charge in [-0.1, -0.05) is 35.3 Å². The van der Waals surface area contributed by atoms with E-state index in [4.69, 9.17) is 23.2 Å². The van der Waals surface area contributed by atoms with Gasteiger partial charge in [-0.3, -0.25) is 9.59 Å². The molecule has 0 fully saturated rings. The van der Waals surface area contributed by atoms with Crippen molar-refractivity contribution in [2.75, 3.05) is 10.6 Å². The van der Waals surface area contributed by atoms with Crippen LogP contribution in [-0.2, 0) is 50.1 Å². The molecule has 21 nitrogen and oxygen atoms in total. The van der Waals surface area contributed by atoms with Gasteiger partial charge in [0.2, 0.25) is 11.8 Å². The number of amides is 2. The minimum Gasteiger partial charge on any atom is -0.744 e. The summed E-state index contributed by atoms with van der Waals surface area (Å²) >= 11 is 13.0. The van der Waals surface area contributed by atoms with Crippen LogP contribution in [0.1, 0.15) is 19.4 Å². The predicted octanol–water partition coefficient (Wildman–Crippen LogP) is -4.64. The van der Waals surface area contributed by atoms with Crippen LogP contribution in [0, 0.1) is 6.92 Å². The number of aryl methyl sites for hydroxylation is 1. The average molecular weight is 1080 g/mol. The molecule has 0 saturated heterocycles. The smallest absolute Gasteiger partial charge is 0.744 e. The Bertz CT molecular complexity index is 3360. The molecule has 0 bridgehead atoms. The van der Waals surface area contributed by atoms with Gasteiger partial charge < -0.3 is 34.0 Å². The van der Waals surface area contributed by atoms with Gasteiger partial charge in [-0.15, -0.1) is 20.5 Å². The van der Waals surface area contributed by atoms with Gasteiger partial charge in [0.25, 0.3) is 0 Å². The Labute approximate surface area is 486 Å². The maximum absolute atomic E-state index is 12.4. The summed E-state index contributed by atoms with van der Waals surface area (Å²) < 4.78 is 146. The number of nitrogens with one attached hydrogen (secondary N) is 2. The number of phenols is 1. The summed E-state index contributed by atoms with van der Waals surface area (Å²) in [5, 5.41) is 29.5. The van der Waals surface area contributed by atoms with Crippen molar-refractivity contribution in [1.29, 1.82) is 0 Å². The van der Waals surface area contributed by atoms with Gasteiger partial charge in [-0.05, 0) is 78.2 Å². The molecule has 68 heavy (non-hydrogen) atoms. The maximum atomic E-state index is 12.4. The van der Waals surface area contributed by atoms with E-state index in [-0.39, 0.29) is 162 Å². The quantitative estimate of drug-likeness (QED) is 0.0624. The second-order valence-corrected chi connectivity index (χ2v) is 19.8. The van der Waals surface area contributed by atoms with Gasteiger partial charge in [0, 0.05) is 41.5 Å². The molecule has 0 atom stereocenters. The van der Waals surface area contributed by atoms with Crippen LogP contribution >= 0.6 is 23.2 Å². The molecule has 6 rings (SSSR count). The molecular formula is C37H24Cl2N6Na4O15S4. The van der Waals surface area contributed by atoms with Crippen LogP contribution in [0.4, 0.5) is 34.1 Å². The Morgan fingerprint density at radius 1 is 0.529 bits per heavy atom. The van der Waals surface area contributed by atoms with Crippen LogP contribution in [0.25, 0.3) is 32.7 Å². The van der Waals surface area contributed by atoms with Crippen molar-refractivity contribution in [2.45, 2.75) is 40.4 Å². The van der Waals surface area contributed by atoms with E-state index >= 15 is 0 Å². The number of azo groups is 2. The van der Waals surface area contributed by atoms with Gasteiger partial charge in [-0.25, -0.2) is 33.7 Å². The molecule has 31 heteroatoms. The normalized spacial score (nSPS) is 12.0. The van der Waals surface area contributed by atoms with E-state index in [0.717, 1.165) is 32.0 Å². The summed E-state index contributed by atoms with van der Waals surface area (Å²) in [6.45, 7) is 3.49. The third-order valence-electron chi connectivity index (χ3n) is 8.95. The predicted molar refractivity (Wildman–Crippen MR) is 225 cm³/mol. The molecule has 0 unspecified atom stereocenters. The summed E-state index contributed by atoms with van der Waals surface area (Å²) in [5.74, 6) is -2.36. The van der Waals surface area contributed by atoms with Crippen molar-refractivity contribution in [3.63, 3.8) is 0 Å². The van der Waals surface area contributed by atoms with Gasteiger partial charge in [0.15, 0.2) is 0 Å². The summed E-state index contributed by atoms with van der Waals surface area (Å²) in [6, 6.07) is 12.6. The van der Waals surface area contributed by atoms with Crippen molar-refractivity contribution in [1.82, 2.24) is 0 Å². The first kappa shape index (κ1) is 62.1. The molecule has 0 aromatic heterocycles. The number of rotatable bonds is 11. The second-order valence-electron chi connectivity index (χ2n) is 13.5. The van der Waals surface area contributed by atoms with E-state index in [2.05, 4.69) is 31.1 Å². The second kappa shape index (κ2) is 23.7. The van der Waals surface area contributed by atoms with E-state index in [1.807, 2.05) is 0 Å². The van der Waals surface area contributed by atoms with Crippen LogP contribution in [0.3, 0.4) is 0 Å². The van der Waals surface area contributed by atoms with Crippen LogP contribution < -0.4 is 129 Å². The Kier molecular flexibility index (Phi) is 21.6. The number of carbonyl (C=O) groups excluding carboxylic acids is 2. The molecule has 0 aliphatic carbocycles. The topological polar surface area (TPSA) is 357 Å². The zero-order valence-electron chi connectivity index (χ0n) is 36.3. The van der Waals surface area contributed by atoms with Gasteiger partial charge in [-0.2, -0.15) is 0 Å². The Morgan fingerprint density at radius 3 is 1.25 bits per heavy atom. The van der Waals surface area contributed by atoms with E-state index in [1.165, 1.54) is 43.3 Å². The van der Waals surface area contributed by atoms with Gasteiger partial charge in [0.05, 0.1) is 41.0 Å². The Morgan fingerprint density at radius 2 is 0.897 bits per heavy atom. The number of benzene rings is 6. The molecule has 0 heterocycles. The molecule has 0 spiro atoms. The van der Waals surface area contributed by atoms with E-state index < -0.39 is 105 Å². The minimum atomic E-state index is -5.48. The fourth-order valence-electron chi connectivity index (χ4n) is 6.37. The number of hydrogen-bond acceptors (Lipinski definition) is 19. The van der Waals surface area contributed by atoms with Crippen molar-refractivity contribution < 1.29 is 185 Å². The molecule has 3 N–H and O–H groups in total. The molecule has 0 radical (unpaired) electrons. The number of fused-ring (bicyclic) bond motifs is 2. The number of halogens is 2. The van der Waals surface area contributed by atoms with E-state index in [9.17, 15) is 66.6 Å². The van der Waals surface area contributed by atoms with E-state index in [1.54, 1.807) is 0 Å². The zero-order chi connectivity index (χ0) is 47.4. The first-order valence-corrected chi connectivity index (χ1v) is 23.7. The van der Waals surface area contributed by atoms with E-state index in [0.29, 0.717) is 29.3 Å². The van der Waals surface area contributed by atoms with Crippen molar-refractivity contribution >= 4 is 131 Å². The standard InChI is InChI=1S/C37H28Cl2N6O15S4.4Na/c1-16-8-32(63(55,56)57)36(23-11-21(61(49,50)51)13-29(34(16)23)40-17(2)46)44-42-27-6-4-19(9-25(27)38)20-5-7-28(26(39)10-20)43-45-37-24-12-22(62(52,53)54)14-30(41-18(3)47)35(24)31(48)15-33(37)64(58,59)60;;;;/h4-15,48H,1-3H3,(H,40,46)(H,41,47)(H,49,50,51)(H,52,53,54)(H,55,56,57)(H,58,59,60);;;;/q;4*+1/p-4. The molecule has 0 aliphatic heterocycles. The molecule has 6 aromatic carbocycles. The summed E-state index contributed by atoms with van der Waals surface area (Å²) in [7, 11) is -21.3. The number of phenolic OH excluding ortho intramolecular Hbond substituents is 1. The maximum Gasteiger partial charge on any atom is 1.00 e. The zero-order valence-corrected chi connectivity index (χ0v) is 49.0. The Hall–Kier alpha value is -2.00. The molecule has 0 saturated carbocycles. The van der Waals surface area contributed by atoms with Crippen LogP contribution in [0.2, 0.25) is 10.0 Å². The van der Waals surface area contributed by atoms with Crippen molar-refractivity contribution in [3.05, 3.63) is 88.4 Å². The average Bonchev–Trinajstić information content (AvgIpc) is 3.15. The number of aromatic hydroxyl groups is 1. The molecule has 6 aromatic rings. The van der Waals surface area contributed by atoms with Crippen molar-refractivity contribution in [3.8, 4) is 16.9 Å². The molecule has 2 amide bonds. The first-order valence-electron chi connectivity index (χ1n) is 17.3. The summed E-state index contributed by atoms with van der Waals surface area (Å²) in [5.41, 5.74) is -1.58. The number of nitrogens with zero attached hydrogens (tertiary/aromatic N) is 4. The van der Waals surface area contributed by atoms with Crippen LogP contribution in [0.15, 0.2) is 113 Å². The number of carbonyl (C=O) groups is 2. The molecule has 334 valence electrons. The number of hydrogen-bond donors (Lipinski definition) is 3. The Balaban J connectivity index is 0.00000397. The fraction of sp³-hybridized carbons (Fsp3) is 0.0811.